The standard InChI is InChI=1S/C14H21NO4/c1-9(2)8-18-4-5-19-11-6-10(3)13(15)12(7-11)14(16)17/h6-7,9H,4-5,8,15H2,1-3H3,(H,16,17). The highest BCUT2D eigenvalue weighted by atomic mass is 16.5. The maximum Gasteiger partial charge on any atom is 0.337 e. The van der Waals surface area contributed by atoms with Crippen LogP contribution in [0.4, 0.5) is 5.69 Å². The molecular formula is C14H21NO4. The number of carboxylic acid groups (broad SMARTS) is 1. The van der Waals surface area contributed by atoms with Crippen molar-refractivity contribution in [2.24, 2.45) is 5.92 Å². The van der Waals surface area contributed by atoms with Gasteiger partial charge in [-0.3, -0.25) is 0 Å². The van der Waals surface area contributed by atoms with Crippen LogP contribution in [0.5, 0.6) is 5.75 Å². The van der Waals surface area contributed by atoms with E-state index in [-0.39, 0.29) is 11.3 Å². The molecule has 3 N–H and O–H groups in total. The summed E-state index contributed by atoms with van der Waals surface area (Å²) in [6.07, 6.45) is 0. The summed E-state index contributed by atoms with van der Waals surface area (Å²) in [7, 11) is 0. The lowest BCUT2D eigenvalue weighted by Gasteiger charge is -2.11. The van der Waals surface area contributed by atoms with Gasteiger partial charge >= 0.3 is 5.97 Å². The van der Waals surface area contributed by atoms with Gasteiger partial charge in [0, 0.05) is 12.3 Å². The molecule has 0 aliphatic carbocycles. The summed E-state index contributed by atoms with van der Waals surface area (Å²) in [5.74, 6) is -0.0725. The smallest absolute Gasteiger partial charge is 0.337 e. The topological polar surface area (TPSA) is 81.8 Å². The van der Waals surface area contributed by atoms with Crippen LogP contribution in [0.15, 0.2) is 12.1 Å². The number of benzene rings is 1. The number of ether oxygens (including phenoxy) is 2. The average molecular weight is 267 g/mol. The minimum atomic E-state index is -1.05. The maximum atomic E-state index is 11.0. The van der Waals surface area contributed by atoms with Crippen molar-refractivity contribution in [3.63, 3.8) is 0 Å². The molecule has 106 valence electrons. The van der Waals surface area contributed by atoms with Crippen molar-refractivity contribution in [2.45, 2.75) is 20.8 Å². The van der Waals surface area contributed by atoms with Gasteiger partial charge in [-0.25, -0.2) is 4.79 Å². The van der Waals surface area contributed by atoms with Crippen LogP contribution in [-0.2, 0) is 4.74 Å². The van der Waals surface area contributed by atoms with Crippen LogP contribution < -0.4 is 10.5 Å². The van der Waals surface area contributed by atoms with Crippen LogP contribution in [0.2, 0.25) is 0 Å². The molecule has 0 aliphatic heterocycles. The zero-order chi connectivity index (χ0) is 14.4. The molecule has 5 nitrogen and oxygen atoms in total. The molecule has 0 aliphatic rings. The first-order valence-electron chi connectivity index (χ1n) is 6.25. The minimum Gasteiger partial charge on any atom is -0.491 e. The molecule has 0 aromatic heterocycles. The summed E-state index contributed by atoms with van der Waals surface area (Å²) in [4.78, 5) is 11.0. The van der Waals surface area contributed by atoms with E-state index in [2.05, 4.69) is 13.8 Å². The molecule has 0 bridgehead atoms. The van der Waals surface area contributed by atoms with Gasteiger partial charge < -0.3 is 20.3 Å². The molecule has 1 aromatic carbocycles. The Kier molecular flexibility index (Phi) is 5.63. The fourth-order valence-corrected chi connectivity index (χ4v) is 1.56. The molecular weight excluding hydrogens is 246 g/mol. The Morgan fingerprint density at radius 2 is 2.05 bits per heavy atom. The number of carbonyl (C=O) groups is 1. The molecule has 0 atom stereocenters. The highest BCUT2D eigenvalue weighted by molar-refractivity contribution is 5.95. The van der Waals surface area contributed by atoms with Crippen LogP contribution in [-0.4, -0.2) is 30.9 Å². The van der Waals surface area contributed by atoms with Gasteiger partial charge in [0.15, 0.2) is 0 Å². The van der Waals surface area contributed by atoms with Gasteiger partial charge in [0.25, 0.3) is 0 Å². The molecule has 0 radical (unpaired) electrons. The SMILES string of the molecule is Cc1cc(OCCOCC(C)C)cc(C(=O)O)c1N. The van der Waals surface area contributed by atoms with E-state index in [9.17, 15) is 4.79 Å². The molecule has 0 saturated carbocycles. The Bertz CT molecular complexity index is 443. The number of anilines is 1. The number of aromatic carboxylic acids is 1. The van der Waals surface area contributed by atoms with E-state index in [1.54, 1.807) is 13.0 Å². The van der Waals surface area contributed by atoms with Gasteiger partial charge in [-0.2, -0.15) is 0 Å². The van der Waals surface area contributed by atoms with E-state index in [1.165, 1.54) is 6.07 Å². The summed E-state index contributed by atoms with van der Waals surface area (Å²) >= 11 is 0. The molecule has 0 spiro atoms. The van der Waals surface area contributed by atoms with Gasteiger partial charge in [0.1, 0.15) is 12.4 Å². The van der Waals surface area contributed by atoms with Crippen LogP contribution in [0.3, 0.4) is 0 Å². The second-order valence-electron chi connectivity index (χ2n) is 4.82. The third-order valence-corrected chi connectivity index (χ3v) is 2.54. The lowest BCUT2D eigenvalue weighted by atomic mass is 10.1. The number of carboxylic acids is 1. The Hall–Kier alpha value is -1.75. The summed E-state index contributed by atoms with van der Waals surface area (Å²) in [5.41, 5.74) is 6.74. The number of rotatable bonds is 7. The maximum absolute atomic E-state index is 11.0. The normalized spacial score (nSPS) is 10.7. The van der Waals surface area contributed by atoms with Crippen LogP contribution in [0, 0.1) is 12.8 Å². The van der Waals surface area contributed by atoms with E-state index < -0.39 is 5.97 Å². The summed E-state index contributed by atoms with van der Waals surface area (Å²) in [6.45, 7) is 7.44. The van der Waals surface area contributed by atoms with Crippen molar-refractivity contribution in [1.82, 2.24) is 0 Å². The van der Waals surface area contributed by atoms with Gasteiger partial charge in [0.05, 0.1) is 12.2 Å². The van der Waals surface area contributed by atoms with Crippen LogP contribution in [0.25, 0.3) is 0 Å². The number of hydrogen-bond donors (Lipinski definition) is 2. The van der Waals surface area contributed by atoms with E-state index in [0.29, 0.717) is 37.1 Å². The Balaban J connectivity index is 2.57. The molecule has 0 heterocycles. The van der Waals surface area contributed by atoms with E-state index in [0.717, 1.165) is 0 Å². The van der Waals surface area contributed by atoms with Crippen molar-refractivity contribution < 1.29 is 19.4 Å². The number of nitrogens with two attached hydrogens (primary N) is 1. The quantitative estimate of drug-likeness (QED) is 0.585. The lowest BCUT2D eigenvalue weighted by Crippen LogP contribution is -2.11. The monoisotopic (exact) mass is 267 g/mol. The van der Waals surface area contributed by atoms with Gasteiger partial charge in [-0.05, 0) is 30.5 Å². The van der Waals surface area contributed by atoms with Crippen molar-refractivity contribution in [3.05, 3.63) is 23.3 Å². The zero-order valence-electron chi connectivity index (χ0n) is 11.6. The Morgan fingerprint density at radius 1 is 1.37 bits per heavy atom. The molecule has 0 amide bonds. The molecule has 1 rings (SSSR count). The Morgan fingerprint density at radius 3 is 2.63 bits per heavy atom. The molecule has 19 heavy (non-hydrogen) atoms. The highest BCUT2D eigenvalue weighted by Crippen LogP contribution is 2.24. The predicted octanol–water partition coefficient (Wildman–Crippen LogP) is 2.33. The van der Waals surface area contributed by atoms with Gasteiger partial charge in [-0.15, -0.1) is 0 Å². The largest absolute Gasteiger partial charge is 0.491 e. The third kappa shape index (κ3) is 4.79. The zero-order valence-corrected chi connectivity index (χ0v) is 11.6. The number of aryl methyl sites for hydroxylation is 1. The fraction of sp³-hybridized carbons (Fsp3) is 0.500. The Labute approximate surface area is 113 Å². The first-order valence-corrected chi connectivity index (χ1v) is 6.25. The van der Waals surface area contributed by atoms with E-state index in [1.807, 2.05) is 0 Å². The number of nitrogen functional groups attached to an aromatic ring is 1. The highest BCUT2D eigenvalue weighted by Gasteiger charge is 2.12. The van der Waals surface area contributed by atoms with Crippen molar-refractivity contribution >= 4 is 11.7 Å². The summed E-state index contributed by atoms with van der Waals surface area (Å²) in [5, 5.41) is 9.03. The van der Waals surface area contributed by atoms with E-state index >= 15 is 0 Å². The number of hydrogen-bond acceptors (Lipinski definition) is 4. The van der Waals surface area contributed by atoms with Crippen LogP contribution in [0.1, 0.15) is 29.8 Å². The molecule has 5 heteroatoms. The van der Waals surface area contributed by atoms with Gasteiger partial charge in [0.2, 0.25) is 0 Å². The van der Waals surface area contributed by atoms with Crippen molar-refractivity contribution in [3.8, 4) is 5.75 Å². The van der Waals surface area contributed by atoms with E-state index in [4.69, 9.17) is 20.3 Å². The second-order valence-corrected chi connectivity index (χ2v) is 4.82. The second kappa shape index (κ2) is 6.99. The first-order chi connectivity index (χ1) is 8.91. The van der Waals surface area contributed by atoms with Crippen molar-refractivity contribution in [1.29, 1.82) is 0 Å². The minimum absolute atomic E-state index is 0.0677. The predicted molar refractivity (Wildman–Crippen MR) is 73.7 cm³/mol. The molecule has 0 fully saturated rings. The van der Waals surface area contributed by atoms with Gasteiger partial charge in [-0.1, -0.05) is 13.8 Å². The molecule has 0 unspecified atom stereocenters. The fourth-order valence-electron chi connectivity index (χ4n) is 1.56. The van der Waals surface area contributed by atoms with Crippen molar-refractivity contribution in [2.75, 3.05) is 25.6 Å². The summed E-state index contributed by atoms with van der Waals surface area (Å²) in [6, 6.07) is 3.16. The third-order valence-electron chi connectivity index (χ3n) is 2.54. The lowest BCUT2D eigenvalue weighted by molar-refractivity contribution is 0.0696. The first kappa shape index (κ1) is 15.3. The molecule has 0 saturated heterocycles. The average Bonchev–Trinajstić information content (AvgIpc) is 2.32. The van der Waals surface area contributed by atoms with Crippen LogP contribution >= 0.6 is 0 Å². The molecule has 1 aromatic rings. The summed E-state index contributed by atoms with van der Waals surface area (Å²) < 4.78 is 10.9.